The van der Waals surface area contributed by atoms with Crippen molar-refractivity contribution in [2.75, 3.05) is 19.4 Å². The first-order chi connectivity index (χ1) is 13.6. The fourth-order valence-corrected chi connectivity index (χ4v) is 2.80. The maximum Gasteiger partial charge on any atom is 0.273 e. The van der Waals surface area contributed by atoms with Gasteiger partial charge in [0.2, 0.25) is 11.8 Å². The molecule has 0 aliphatic carbocycles. The smallest absolute Gasteiger partial charge is 0.273 e. The molecule has 1 aromatic heterocycles. The molecule has 3 N–H and O–H groups in total. The number of hydrogen-bond acceptors (Lipinski definition) is 6. The number of carbonyl (C=O) groups excluding carboxylic acids is 1. The van der Waals surface area contributed by atoms with Gasteiger partial charge in [-0.2, -0.15) is 0 Å². The van der Waals surface area contributed by atoms with Crippen LogP contribution in [0.2, 0.25) is 0 Å². The number of halogens is 2. The Morgan fingerprint density at radius 2 is 1.76 bits per heavy atom. The van der Waals surface area contributed by atoms with Crippen LogP contribution in [0.3, 0.4) is 0 Å². The van der Waals surface area contributed by atoms with E-state index in [1.807, 2.05) is 0 Å². The van der Waals surface area contributed by atoms with E-state index in [0.29, 0.717) is 11.4 Å². The molecule has 1 unspecified atom stereocenters. The standard InChI is InChI=1S/C18H16F2N4O4S/c1-24(2,29(26)27)11-8-6-10(7-9-11)22-18-15(16(21)25)23-17(28-18)14-12(19)4-3-5-13(14)20/h3-9H,1-2H3,(H3-,21,22,25,26,27). The van der Waals surface area contributed by atoms with E-state index in [0.717, 1.165) is 12.1 Å². The van der Waals surface area contributed by atoms with Gasteiger partial charge in [0.25, 0.3) is 5.91 Å². The molecule has 1 amide bonds. The van der Waals surface area contributed by atoms with Crippen LogP contribution >= 0.6 is 0 Å². The largest absolute Gasteiger partial charge is 0.724 e. The molecule has 0 saturated carbocycles. The highest BCUT2D eigenvalue weighted by atomic mass is 32.2. The van der Waals surface area contributed by atoms with Gasteiger partial charge in [-0.25, -0.2) is 21.9 Å². The number of amides is 1. The minimum atomic E-state index is -2.40. The van der Waals surface area contributed by atoms with Crippen LogP contribution in [0.15, 0.2) is 46.9 Å². The van der Waals surface area contributed by atoms with E-state index < -0.39 is 44.2 Å². The van der Waals surface area contributed by atoms with Gasteiger partial charge >= 0.3 is 0 Å². The number of quaternary nitrogens is 1. The van der Waals surface area contributed by atoms with Gasteiger partial charge in [0.05, 0.1) is 14.1 Å². The van der Waals surface area contributed by atoms with Gasteiger partial charge in [-0.15, -0.1) is 0 Å². The van der Waals surface area contributed by atoms with Crippen molar-refractivity contribution < 1.29 is 26.8 Å². The molecule has 2 aromatic carbocycles. The van der Waals surface area contributed by atoms with Crippen molar-refractivity contribution in [2.24, 2.45) is 5.73 Å². The average molecular weight is 422 g/mol. The minimum Gasteiger partial charge on any atom is -0.724 e. The Labute approximate surface area is 167 Å². The summed E-state index contributed by atoms with van der Waals surface area (Å²) < 4.78 is 55.6. The van der Waals surface area contributed by atoms with Crippen LogP contribution in [0.1, 0.15) is 10.5 Å². The quantitative estimate of drug-likeness (QED) is 0.465. The number of benzene rings is 2. The molecular formula is C18H16F2N4O4S. The third-order valence-electron chi connectivity index (χ3n) is 4.16. The summed E-state index contributed by atoms with van der Waals surface area (Å²) in [7, 11) is 2.98. The fraction of sp³-hybridized carbons (Fsp3) is 0.111. The topological polar surface area (TPSA) is 121 Å². The minimum absolute atomic E-state index is 0.205. The van der Waals surface area contributed by atoms with E-state index in [-0.39, 0.29) is 11.6 Å². The Kier molecular flexibility index (Phi) is 5.46. The Morgan fingerprint density at radius 3 is 2.28 bits per heavy atom. The maximum atomic E-state index is 14.0. The molecule has 8 nitrogen and oxygen atoms in total. The number of nitrogens with zero attached hydrogens (tertiary/aromatic N) is 2. The third kappa shape index (κ3) is 4.01. The molecule has 0 radical (unpaired) electrons. The lowest BCUT2D eigenvalue weighted by molar-refractivity contribution is 0.0996. The summed E-state index contributed by atoms with van der Waals surface area (Å²) in [6.45, 7) is 0. The molecule has 0 fully saturated rings. The Balaban J connectivity index is 1.96. The summed E-state index contributed by atoms with van der Waals surface area (Å²) in [4.78, 5) is 15.5. The number of carbonyl (C=O) groups is 1. The third-order valence-corrected chi connectivity index (χ3v) is 5.11. The van der Waals surface area contributed by atoms with Crippen molar-refractivity contribution in [2.45, 2.75) is 0 Å². The second-order valence-electron chi connectivity index (χ2n) is 6.40. The molecule has 11 heteroatoms. The Hall–Kier alpha value is -3.15. The van der Waals surface area contributed by atoms with Crippen molar-refractivity contribution in [3.8, 4) is 11.5 Å². The number of hydrogen-bond donors (Lipinski definition) is 2. The molecule has 0 bridgehead atoms. The highest BCUT2D eigenvalue weighted by Crippen LogP contribution is 2.32. The van der Waals surface area contributed by atoms with E-state index in [1.165, 1.54) is 20.2 Å². The highest BCUT2D eigenvalue weighted by molar-refractivity contribution is 7.78. The lowest BCUT2D eigenvalue weighted by Crippen LogP contribution is -2.41. The second-order valence-corrected chi connectivity index (χ2v) is 7.74. The Bertz CT molecular complexity index is 1080. The van der Waals surface area contributed by atoms with Gasteiger partial charge in [0.1, 0.15) is 22.9 Å². The summed E-state index contributed by atoms with van der Waals surface area (Å²) in [5, 5.41) is 2.76. The first-order valence-electron chi connectivity index (χ1n) is 8.18. The van der Waals surface area contributed by atoms with Crippen LogP contribution in [-0.4, -0.2) is 33.7 Å². The molecular weight excluding hydrogens is 406 g/mol. The number of anilines is 2. The van der Waals surface area contributed by atoms with Crippen LogP contribution < -0.4 is 14.9 Å². The normalized spacial score (nSPS) is 12.6. The van der Waals surface area contributed by atoms with E-state index in [1.54, 1.807) is 24.3 Å². The predicted octanol–water partition coefficient (Wildman–Crippen LogP) is 2.82. The van der Waals surface area contributed by atoms with E-state index in [2.05, 4.69) is 10.3 Å². The number of primary amides is 1. The summed E-state index contributed by atoms with van der Waals surface area (Å²) in [5.41, 5.74) is 5.30. The first-order valence-corrected chi connectivity index (χ1v) is 9.21. The van der Waals surface area contributed by atoms with Crippen LogP contribution in [0.4, 0.5) is 26.0 Å². The van der Waals surface area contributed by atoms with Crippen molar-refractivity contribution in [3.05, 3.63) is 59.8 Å². The predicted molar refractivity (Wildman–Crippen MR) is 103 cm³/mol. The van der Waals surface area contributed by atoms with Crippen molar-refractivity contribution >= 4 is 34.4 Å². The first kappa shape index (κ1) is 20.6. The lowest BCUT2D eigenvalue weighted by atomic mass is 10.2. The van der Waals surface area contributed by atoms with Crippen molar-refractivity contribution in [1.82, 2.24) is 8.87 Å². The zero-order valence-electron chi connectivity index (χ0n) is 15.3. The number of aromatic nitrogens is 1. The van der Waals surface area contributed by atoms with Crippen LogP contribution in [0, 0.1) is 11.6 Å². The molecule has 1 atom stereocenters. The molecule has 29 heavy (non-hydrogen) atoms. The summed E-state index contributed by atoms with van der Waals surface area (Å²) in [6.07, 6.45) is 0. The summed E-state index contributed by atoms with van der Waals surface area (Å²) in [6, 6.07) is 9.42. The SMILES string of the molecule is C[N+](C)(c1ccc(Nc2oc(-c3c(F)cccc3F)nc2C(N)=O)cc1)S(=O)[O-]. The van der Waals surface area contributed by atoms with Gasteiger partial charge in [-0.05, 0) is 24.3 Å². The van der Waals surface area contributed by atoms with Gasteiger partial charge in [0, 0.05) is 17.8 Å². The molecule has 0 saturated heterocycles. The highest BCUT2D eigenvalue weighted by Gasteiger charge is 2.24. The van der Waals surface area contributed by atoms with Crippen LogP contribution in [-0.2, 0) is 11.3 Å². The number of rotatable bonds is 6. The number of nitrogens with two attached hydrogens (primary N) is 1. The van der Waals surface area contributed by atoms with E-state index >= 15 is 0 Å². The van der Waals surface area contributed by atoms with Crippen molar-refractivity contribution in [3.63, 3.8) is 0 Å². The monoisotopic (exact) mass is 422 g/mol. The van der Waals surface area contributed by atoms with Crippen LogP contribution in [0.5, 0.6) is 0 Å². The van der Waals surface area contributed by atoms with E-state index in [4.69, 9.17) is 10.2 Å². The molecule has 3 aromatic rings. The Morgan fingerprint density at radius 1 is 1.17 bits per heavy atom. The fourth-order valence-electron chi connectivity index (χ4n) is 2.50. The average Bonchev–Trinajstić information content (AvgIpc) is 3.05. The van der Waals surface area contributed by atoms with Gasteiger partial charge < -0.3 is 20.0 Å². The molecule has 0 aliphatic rings. The molecule has 3 rings (SSSR count). The zero-order valence-corrected chi connectivity index (χ0v) is 16.1. The zero-order chi connectivity index (χ0) is 21.3. The van der Waals surface area contributed by atoms with Gasteiger partial charge in [-0.3, -0.25) is 4.79 Å². The number of oxazole rings is 1. The molecule has 1 heterocycles. The second kappa shape index (κ2) is 7.70. The van der Waals surface area contributed by atoms with Gasteiger partial charge in [-0.1, -0.05) is 6.07 Å². The number of nitrogens with one attached hydrogen (secondary N) is 1. The molecule has 0 aliphatic heterocycles. The van der Waals surface area contributed by atoms with Crippen LogP contribution in [0.25, 0.3) is 11.5 Å². The molecule has 152 valence electrons. The summed E-state index contributed by atoms with van der Waals surface area (Å²) >= 11 is -2.40. The summed E-state index contributed by atoms with van der Waals surface area (Å²) in [5.74, 6) is -3.44. The maximum absolute atomic E-state index is 14.0. The van der Waals surface area contributed by atoms with E-state index in [9.17, 15) is 22.3 Å². The van der Waals surface area contributed by atoms with Crippen molar-refractivity contribution in [1.29, 1.82) is 0 Å². The van der Waals surface area contributed by atoms with Gasteiger partial charge in [0.15, 0.2) is 17.0 Å². The lowest BCUT2D eigenvalue weighted by Gasteiger charge is -2.29. The molecule has 0 spiro atoms.